The van der Waals surface area contributed by atoms with Gasteiger partial charge in [-0.25, -0.2) is 37.5 Å². The summed E-state index contributed by atoms with van der Waals surface area (Å²) in [5.41, 5.74) is -0.546. The number of rotatable bonds is 14. The van der Waals surface area contributed by atoms with Crippen molar-refractivity contribution in [2.45, 2.75) is 223 Å². The zero-order valence-corrected chi connectivity index (χ0v) is 83.1. The number of carbonyl (C=O) groups is 7. The number of carbonyl (C=O) groups excluding carboxylic acids is 6. The van der Waals surface area contributed by atoms with E-state index in [1.165, 1.54) is 85.9 Å². The van der Waals surface area contributed by atoms with Crippen molar-refractivity contribution in [1.29, 1.82) is 0 Å². The van der Waals surface area contributed by atoms with Crippen LogP contribution in [0.2, 0.25) is 0 Å². The van der Waals surface area contributed by atoms with Gasteiger partial charge in [0.2, 0.25) is 28.9 Å². The van der Waals surface area contributed by atoms with E-state index in [1.54, 1.807) is 136 Å². The highest BCUT2D eigenvalue weighted by molar-refractivity contribution is 9.11. The topological polar surface area (TPSA) is 372 Å². The van der Waals surface area contributed by atoms with Crippen LogP contribution in [0.25, 0.3) is 24.3 Å². The van der Waals surface area contributed by atoms with Crippen molar-refractivity contribution in [2.75, 3.05) is 55.9 Å². The van der Waals surface area contributed by atoms with E-state index in [2.05, 4.69) is 45.0 Å². The van der Waals surface area contributed by atoms with E-state index >= 15 is 0 Å². The van der Waals surface area contributed by atoms with Gasteiger partial charge in [-0.05, 0) is 212 Å². The van der Waals surface area contributed by atoms with Crippen molar-refractivity contribution in [1.82, 2.24) is 0 Å². The van der Waals surface area contributed by atoms with E-state index in [9.17, 15) is 51.8 Å². The average Bonchev–Trinajstić information content (AvgIpc) is 1.55. The molecule has 32 nitrogen and oxygen atoms in total. The third-order valence-corrected chi connectivity index (χ3v) is 21.2. The molecule has 9 aliphatic rings. The third-order valence-electron chi connectivity index (χ3n) is 20.4. The Morgan fingerprint density at radius 1 is 0.467 bits per heavy atom. The summed E-state index contributed by atoms with van der Waals surface area (Å²) in [4.78, 5) is 82.0. The average molecular weight is 2020 g/mol. The first-order valence-corrected chi connectivity index (χ1v) is 43.4. The van der Waals surface area contributed by atoms with E-state index in [-0.39, 0.29) is 81.3 Å². The van der Waals surface area contributed by atoms with E-state index in [4.69, 9.17) is 114 Å². The molecule has 9 heterocycles. The summed E-state index contributed by atoms with van der Waals surface area (Å²) < 4.78 is 163. The number of allylic oxidation sites excluding steroid dienone is 1. The first kappa shape index (κ1) is 113. The lowest BCUT2D eigenvalue weighted by atomic mass is 9.83. The lowest BCUT2D eigenvalue weighted by Crippen LogP contribution is -2.41. The third kappa shape index (κ3) is 28.3. The number of esters is 5. The van der Waals surface area contributed by atoms with Crippen molar-refractivity contribution in [2.24, 2.45) is 0 Å². The van der Waals surface area contributed by atoms with Gasteiger partial charge in [0.25, 0.3) is 0 Å². The van der Waals surface area contributed by atoms with Gasteiger partial charge in [0, 0.05) is 111 Å². The zero-order chi connectivity index (χ0) is 101. The number of fused-ring (bicyclic) bond motifs is 6. The summed E-state index contributed by atoms with van der Waals surface area (Å²) in [6.45, 7) is 46.6. The molecular weight excluding hydrogens is 1900 g/mol. The second kappa shape index (κ2) is 46.1. The predicted molar refractivity (Wildman–Crippen MR) is 505 cm³/mol. The Kier molecular flexibility index (Phi) is 38.4. The molecule has 2 N–H and O–H groups in total. The van der Waals surface area contributed by atoms with Gasteiger partial charge in [-0.15, -0.1) is 6.58 Å². The van der Waals surface area contributed by atoms with Gasteiger partial charge in [-0.3, -0.25) is 4.79 Å². The maximum Gasteiger partial charge on any atom is 0.640 e. The molecule has 135 heavy (non-hydrogen) atoms. The van der Waals surface area contributed by atoms with Gasteiger partial charge in [-0.1, -0.05) is 26.2 Å². The molecule has 3 saturated heterocycles. The Hall–Kier alpha value is -11.2. The zero-order valence-electron chi connectivity index (χ0n) is 80.0. The first-order valence-electron chi connectivity index (χ1n) is 41.8. The highest BCUT2D eigenvalue weighted by Gasteiger charge is 2.55. The number of aldehydes is 1. The van der Waals surface area contributed by atoms with Crippen molar-refractivity contribution < 1.29 is 165 Å². The van der Waals surface area contributed by atoms with E-state index in [0.717, 1.165) is 24.9 Å². The number of carboxylic acid groups (broad SMARTS) is 1. The number of aromatic carboxylic acids is 1. The number of hydrogen-bond acceptors (Lipinski definition) is 31. The summed E-state index contributed by atoms with van der Waals surface area (Å²) in [5, 5.41) is 18.2. The summed E-state index contributed by atoms with van der Waals surface area (Å²) in [7, 11) is 5.15. The number of benzene rings is 6. The molecule has 734 valence electrons. The van der Waals surface area contributed by atoms with Crippen molar-refractivity contribution in [3.8, 4) is 69.0 Å². The smallest absolute Gasteiger partial charge is 0.530 e. The van der Waals surface area contributed by atoms with Crippen molar-refractivity contribution >= 4 is 120 Å². The quantitative estimate of drug-likeness (QED) is 0.0336. The highest BCUT2D eigenvalue weighted by Crippen LogP contribution is 2.49. The Balaban J connectivity index is 0.000000240. The number of methoxy groups -OCH3 is 6. The van der Waals surface area contributed by atoms with Gasteiger partial charge in [-0.2, -0.15) is 4.39 Å². The van der Waals surface area contributed by atoms with Crippen LogP contribution in [0.4, 0.5) is 13.2 Å². The molecule has 6 aromatic carbocycles. The Labute approximate surface area is 802 Å². The fraction of sp³-hybridized carbons (Fsp3) is 0.442. The number of carboxylic acids is 1. The van der Waals surface area contributed by atoms with Crippen LogP contribution in [-0.2, 0) is 51.7 Å². The van der Waals surface area contributed by atoms with Crippen LogP contribution in [-0.4, -0.2) is 187 Å². The first-order chi connectivity index (χ1) is 62.3. The molecule has 0 bridgehead atoms. The molecule has 0 amide bonds. The van der Waals surface area contributed by atoms with Gasteiger partial charge in [0.15, 0.2) is 22.5 Å². The minimum Gasteiger partial charge on any atom is -0.530 e. The summed E-state index contributed by atoms with van der Waals surface area (Å²) >= 11 is 6.05. The molecule has 0 aliphatic carbocycles. The summed E-state index contributed by atoms with van der Waals surface area (Å²) in [5.74, 6) is -5.83. The Morgan fingerprint density at radius 2 is 0.778 bits per heavy atom. The van der Waals surface area contributed by atoms with Crippen LogP contribution in [0, 0.1) is 0 Å². The van der Waals surface area contributed by atoms with Crippen LogP contribution in [0.1, 0.15) is 260 Å². The number of ether oxygens (including phenoxy) is 17. The largest absolute Gasteiger partial charge is 0.640 e. The second-order valence-corrected chi connectivity index (χ2v) is 36.0. The lowest BCUT2D eigenvalue weighted by Gasteiger charge is -2.33. The lowest BCUT2D eigenvalue weighted by molar-refractivity contribution is -0.129. The molecule has 0 unspecified atom stereocenters. The van der Waals surface area contributed by atoms with Crippen LogP contribution in [0.15, 0.2) is 113 Å². The highest BCUT2D eigenvalue weighted by atomic mass is 79.9. The fourth-order valence-electron chi connectivity index (χ4n) is 12.9. The molecule has 0 aromatic heterocycles. The molecule has 0 saturated carbocycles. The molecule has 0 radical (unpaired) electrons. The van der Waals surface area contributed by atoms with Crippen molar-refractivity contribution in [3.05, 3.63) is 174 Å². The van der Waals surface area contributed by atoms with Crippen LogP contribution < -0.4 is 56.8 Å². The molecule has 0 atom stereocenters. The minimum absolute atomic E-state index is 0. The van der Waals surface area contributed by atoms with E-state index in [0.29, 0.717) is 78.8 Å². The van der Waals surface area contributed by atoms with E-state index < -0.39 is 114 Å². The normalized spacial score (nSPS) is 18.3. The number of halogens is 5. The van der Waals surface area contributed by atoms with Gasteiger partial charge in [0.1, 0.15) is 102 Å². The predicted octanol–water partition coefficient (Wildman–Crippen LogP) is 20.5. The molecule has 9 aliphatic heterocycles. The van der Waals surface area contributed by atoms with Gasteiger partial charge >= 0.3 is 57.4 Å². The molecular formula is C95H118B3Br2F3O32. The molecule has 3 fully saturated rings. The second-order valence-electron chi connectivity index (χ2n) is 34.4. The molecule has 0 spiro atoms. The maximum atomic E-state index is 14.9. The standard InChI is InChI=1S/C19H24BFO6.C13H12BrFO4.C13H14O4.C12H12O5.C11H11BrO4.C10H8BFO5.C9H19BO3.C4H8O.C3H6.CH4/c1-17(2)18(3,4)27-20(26-17)13(21)10-11-8-9-12(23-7)14-15(11)24-19(5,6)25-16(14)22;1-13(2)18-11-7(6-9(14)15)4-5-8(17-3)10(11)12(16)19-13;1-5-8-6-7-9(15-4)10-11(8)16-13(2,3)17-12(10)14;1-12(2)16-10-7(6-13)4-5-8(15-3)9(10)11(14)17-12;1-11(2)15-9-6(12)4-5-7(14-3)8(9)10(13)16-11;1-16-6-3-2-5-4-7(12)11(15)17-9(5)8(6)10(13)14;1-7(2)11-10-12-8(3,4)9(5,6)13-10;1-2-4-5-3-1;1-3-2;/h8-10H,1-7H3;4-6H,1-3H3;5-7H,1H2,2-4H3;4-6H,1-3H3;4-5H,1-3H3;2-4,15H,1H3,(H,13,14);7H,1-6H3;1-4H2;3H,1H2,2H3;1H4. The number of hydrogen-bond donors (Lipinski definition) is 2. The molecule has 15 rings (SSSR count). The maximum absolute atomic E-state index is 14.9. The Bertz CT molecular complexity index is 5310. The SMILES string of the molecule is C.C1CCOC1.C=CC.C=Cc1ccc(OC)c2c1OC(C)(C)OC2=O.CC(C)OB1OC(C)(C)C(C)(C)O1.COc1ccc(Br)c2c1C(=O)OC(C)(C)O2.COc1ccc(C=C(F)B2OC(C)(C)C(C)(C)O2)c2c1C(=O)OC(C)(C)O2.COc1ccc(C=C(F)Br)c2c1C(=O)OC(C)(C)O2.COc1ccc(C=O)c2c1C(=O)OC(C)(C)O2.COc1ccc2c(c1C(=O)O)OB(O)C(F)=C2. The summed E-state index contributed by atoms with van der Waals surface area (Å²) in [6.07, 6.45) is 10.2. The Morgan fingerprint density at radius 3 is 1.10 bits per heavy atom. The van der Waals surface area contributed by atoms with Gasteiger partial charge in [0.05, 0.1) is 75.1 Å². The van der Waals surface area contributed by atoms with E-state index in [1.807, 2.05) is 76.2 Å². The summed E-state index contributed by atoms with van der Waals surface area (Å²) in [6, 6.07) is 19.2. The minimum atomic E-state index is -1.78. The van der Waals surface area contributed by atoms with Crippen LogP contribution in [0.5, 0.6) is 69.0 Å². The fourth-order valence-corrected chi connectivity index (χ4v) is 13.5. The number of cyclic esters (lactones) is 5. The van der Waals surface area contributed by atoms with Crippen molar-refractivity contribution in [3.63, 3.8) is 0 Å². The molecule has 6 aromatic rings. The van der Waals surface area contributed by atoms with Crippen LogP contribution in [0.3, 0.4) is 0 Å². The van der Waals surface area contributed by atoms with Gasteiger partial charge < -0.3 is 119 Å². The molecule has 40 heteroatoms. The van der Waals surface area contributed by atoms with Crippen LogP contribution >= 0.6 is 31.9 Å². The monoisotopic (exact) mass is 2020 g/mol.